The molecule has 3 N–H and O–H groups in total. The lowest BCUT2D eigenvalue weighted by atomic mass is 9.93. The van der Waals surface area contributed by atoms with Crippen molar-refractivity contribution in [2.45, 2.75) is 44.8 Å². The smallest absolute Gasteiger partial charge is 0.338 e. The highest BCUT2D eigenvalue weighted by Gasteiger charge is 2.26. The second kappa shape index (κ2) is 8.75. The van der Waals surface area contributed by atoms with Crippen LogP contribution in [0.15, 0.2) is 24.3 Å². The van der Waals surface area contributed by atoms with Gasteiger partial charge in [0, 0.05) is 31.4 Å². The van der Waals surface area contributed by atoms with Crippen LogP contribution in [0.5, 0.6) is 0 Å². The Balaban J connectivity index is 1.51. The molecular formula is C19H26N4O4. The Bertz CT molecular complexity index is 701. The van der Waals surface area contributed by atoms with Gasteiger partial charge in [-0.3, -0.25) is 4.90 Å². The lowest BCUT2D eigenvalue weighted by Crippen LogP contribution is -2.44. The van der Waals surface area contributed by atoms with Gasteiger partial charge in [-0.25, -0.2) is 14.4 Å². The molecule has 1 saturated heterocycles. The van der Waals surface area contributed by atoms with Crippen molar-refractivity contribution >= 4 is 23.7 Å². The SMILES string of the molecule is CCNC(=O)NC1CCC(OC(=O)c2cccc(N3CCNC3=O)c2)CC1. The van der Waals surface area contributed by atoms with Gasteiger partial charge in [-0.2, -0.15) is 0 Å². The summed E-state index contributed by atoms with van der Waals surface area (Å²) in [7, 11) is 0. The number of nitrogens with one attached hydrogen (secondary N) is 3. The highest BCUT2D eigenvalue weighted by molar-refractivity contribution is 5.96. The number of hydrogen-bond donors (Lipinski definition) is 3. The summed E-state index contributed by atoms with van der Waals surface area (Å²) in [6.45, 7) is 3.65. The second-order valence-electron chi connectivity index (χ2n) is 6.82. The molecule has 4 amide bonds. The van der Waals surface area contributed by atoms with Crippen LogP contribution < -0.4 is 20.9 Å². The van der Waals surface area contributed by atoms with Gasteiger partial charge in [-0.15, -0.1) is 0 Å². The average molecular weight is 374 g/mol. The van der Waals surface area contributed by atoms with Crippen LogP contribution in [0.4, 0.5) is 15.3 Å². The lowest BCUT2D eigenvalue weighted by molar-refractivity contribution is 0.0188. The maximum absolute atomic E-state index is 12.5. The molecule has 0 spiro atoms. The molecule has 0 atom stereocenters. The van der Waals surface area contributed by atoms with Crippen LogP contribution in [-0.2, 0) is 4.74 Å². The minimum Gasteiger partial charge on any atom is -0.459 e. The van der Waals surface area contributed by atoms with E-state index in [9.17, 15) is 14.4 Å². The molecule has 1 heterocycles. The fraction of sp³-hybridized carbons (Fsp3) is 0.526. The van der Waals surface area contributed by atoms with Crippen molar-refractivity contribution in [3.05, 3.63) is 29.8 Å². The maximum Gasteiger partial charge on any atom is 0.338 e. The van der Waals surface area contributed by atoms with Crippen LogP contribution in [-0.4, -0.2) is 49.8 Å². The Morgan fingerprint density at radius 1 is 1.26 bits per heavy atom. The molecule has 0 bridgehead atoms. The van der Waals surface area contributed by atoms with Crippen LogP contribution in [0.1, 0.15) is 43.0 Å². The van der Waals surface area contributed by atoms with Crippen LogP contribution in [0.2, 0.25) is 0 Å². The summed E-state index contributed by atoms with van der Waals surface area (Å²) in [4.78, 5) is 37.5. The minimum absolute atomic E-state index is 0.114. The molecule has 1 saturated carbocycles. The number of ether oxygens (including phenoxy) is 1. The number of nitrogens with zero attached hydrogens (tertiary/aromatic N) is 1. The normalized spacial score (nSPS) is 22.1. The first-order chi connectivity index (χ1) is 13.1. The molecule has 1 aliphatic carbocycles. The molecule has 2 fully saturated rings. The molecule has 1 aliphatic heterocycles. The molecule has 2 aliphatic rings. The zero-order chi connectivity index (χ0) is 19.2. The minimum atomic E-state index is -0.378. The first kappa shape index (κ1) is 19.0. The van der Waals surface area contributed by atoms with Gasteiger partial charge in [0.1, 0.15) is 6.10 Å². The molecule has 27 heavy (non-hydrogen) atoms. The summed E-state index contributed by atoms with van der Waals surface area (Å²) >= 11 is 0. The zero-order valence-corrected chi connectivity index (χ0v) is 15.5. The van der Waals surface area contributed by atoms with Gasteiger partial charge in [0.15, 0.2) is 0 Å². The second-order valence-corrected chi connectivity index (χ2v) is 6.82. The van der Waals surface area contributed by atoms with Gasteiger partial charge in [0.2, 0.25) is 0 Å². The molecule has 1 aromatic rings. The maximum atomic E-state index is 12.5. The highest BCUT2D eigenvalue weighted by atomic mass is 16.5. The molecule has 8 heteroatoms. The average Bonchev–Trinajstić information content (AvgIpc) is 3.09. The summed E-state index contributed by atoms with van der Waals surface area (Å²) in [5.74, 6) is -0.378. The van der Waals surface area contributed by atoms with Gasteiger partial charge in [-0.1, -0.05) is 6.07 Å². The van der Waals surface area contributed by atoms with Crippen LogP contribution in [0.25, 0.3) is 0 Å². The predicted molar refractivity (Wildman–Crippen MR) is 101 cm³/mol. The van der Waals surface area contributed by atoms with Crippen molar-refractivity contribution in [3.63, 3.8) is 0 Å². The first-order valence-electron chi connectivity index (χ1n) is 9.47. The van der Waals surface area contributed by atoms with Crippen molar-refractivity contribution in [1.29, 1.82) is 0 Å². The van der Waals surface area contributed by atoms with Crippen molar-refractivity contribution in [2.24, 2.45) is 0 Å². The third-order valence-electron chi connectivity index (χ3n) is 4.87. The van der Waals surface area contributed by atoms with Gasteiger partial charge in [0.25, 0.3) is 0 Å². The summed E-state index contributed by atoms with van der Waals surface area (Å²) in [5.41, 5.74) is 1.13. The Morgan fingerprint density at radius 2 is 2.04 bits per heavy atom. The molecule has 0 aromatic heterocycles. The van der Waals surface area contributed by atoms with E-state index in [4.69, 9.17) is 4.74 Å². The van der Waals surface area contributed by atoms with Gasteiger partial charge in [-0.05, 0) is 50.8 Å². The van der Waals surface area contributed by atoms with Crippen molar-refractivity contribution in [3.8, 4) is 0 Å². The number of rotatable bonds is 5. The number of carbonyl (C=O) groups excluding carboxylic acids is 3. The number of urea groups is 2. The lowest BCUT2D eigenvalue weighted by Gasteiger charge is -2.29. The topological polar surface area (TPSA) is 99.8 Å². The van der Waals surface area contributed by atoms with E-state index in [-0.39, 0.29) is 30.2 Å². The fourth-order valence-electron chi connectivity index (χ4n) is 3.46. The number of anilines is 1. The Kier molecular flexibility index (Phi) is 6.16. The summed E-state index contributed by atoms with van der Waals surface area (Å²) in [6.07, 6.45) is 2.85. The van der Waals surface area contributed by atoms with E-state index >= 15 is 0 Å². The summed E-state index contributed by atoms with van der Waals surface area (Å²) in [5, 5.41) is 8.40. The Labute approximate surface area is 158 Å². The monoisotopic (exact) mass is 374 g/mol. The Morgan fingerprint density at radius 3 is 2.70 bits per heavy atom. The van der Waals surface area contributed by atoms with E-state index in [2.05, 4.69) is 16.0 Å². The molecule has 8 nitrogen and oxygen atoms in total. The highest BCUT2D eigenvalue weighted by Crippen LogP contribution is 2.24. The van der Waals surface area contributed by atoms with Gasteiger partial charge >= 0.3 is 18.0 Å². The number of benzene rings is 1. The van der Waals surface area contributed by atoms with E-state index in [1.54, 1.807) is 29.2 Å². The standard InChI is InChI=1S/C19H26N4O4/c1-2-20-18(25)22-14-6-8-16(9-7-14)27-17(24)13-4-3-5-15(12-13)23-11-10-21-19(23)26/h3-5,12,14,16H,2,6-11H2,1H3,(H,21,26)(H2,20,22,25). The third kappa shape index (κ3) is 4.90. The van der Waals surface area contributed by atoms with E-state index in [0.717, 1.165) is 25.7 Å². The molecule has 0 radical (unpaired) electrons. The van der Waals surface area contributed by atoms with Crippen molar-refractivity contribution in [1.82, 2.24) is 16.0 Å². The Hall–Kier alpha value is -2.77. The summed E-state index contributed by atoms with van der Waals surface area (Å²) < 4.78 is 5.64. The molecule has 3 rings (SSSR count). The van der Waals surface area contributed by atoms with E-state index < -0.39 is 0 Å². The van der Waals surface area contributed by atoms with E-state index in [0.29, 0.717) is 30.9 Å². The molecule has 1 aromatic carbocycles. The van der Waals surface area contributed by atoms with E-state index in [1.165, 1.54) is 0 Å². The number of amides is 4. The first-order valence-corrected chi connectivity index (χ1v) is 9.47. The van der Waals surface area contributed by atoms with Crippen molar-refractivity contribution < 1.29 is 19.1 Å². The largest absolute Gasteiger partial charge is 0.459 e. The van der Waals surface area contributed by atoms with Crippen LogP contribution in [0, 0.1) is 0 Å². The van der Waals surface area contributed by atoms with Crippen LogP contribution in [0.3, 0.4) is 0 Å². The number of hydrogen-bond acceptors (Lipinski definition) is 4. The molecular weight excluding hydrogens is 348 g/mol. The van der Waals surface area contributed by atoms with Crippen LogP contribution >= 0.6 is 0 Å². The quantitative estimate of drug-likeness (QED) is 0.687. The van der Waals surface area contributed by atoms with Gasteiger partial charge in [0.05, 0.1) is 5.56 Å². The summed E-state index contributed by atoms with van der Waals surface area (Å²) in [6, 6.07) is 6.75. The fourth-order valence-corrected chi connectivity index (χ4v) is 3.46. The predicted octanol–water partition coefficient (Wildman–Crippen LogP) is 2.00. The number of carbonyl (C=O) groups is 3. The molecule has 0 unspecified atom stereocenters. The van der Waals surface area contributed by atoms with Gasteiger partial charge < -0.3 is 20.7 Å². The zero-order valence-electron chi connectivity index (χ0n) is 15.5. The number of esters is 1. The third-order valence-corrected chi connectivity index (χ3v) is 4.87. The molecule has 146 valence electrons. The van der Waals surface area contributed by atoms with Crippen molar-refractivity contribution in [2.75, 3.05) is 24.5 Å². The van der Waals surface area contributed by atoms with E-state index in [1.807, 2.05) is 6.92 Å².